The molecular formula is C17H15NO3. The monoisotopic (exact) mass is 281 g/mol. The van der Waals surface area contributed by atoms with Crippen LogP contribution < -0.4 is 0 Å². The highest BCUT2D eigenvalue weighted by Crippen LogP contribution is 2.30. The molecule has 1 aliphatic rings. The summed E-state index contributed by atoms with van der Waals surface area (Å²) in [5.74, 6) is -0.193. The largest absolute Gasteiger partial charge is 0.497 e. The maximum Gasteiger partial charge on any atom is 0.261 e. The van der Waals surface area contributed by atoms with E-state index in [2.05, 4.69) is 6.58 Å². The molecule has 0 aliphatic carbocycles. The third-order valence-electron chi connectivity index (χ3n) is 3.54. The van der Waals surface area contributed by atoms with E-state index in [4.69, 9.17) is 4.74 Å². The van der Waals surface area contributed by atoms with Crippen LogP contribution in [-0.2, 0) is 4.74 Å². The first-order valence-corrected chi connectivity index (χ1v) is 6.82. The average Bonchev–Trinajstić information content (AvgIpc) is 2.49. The van der Waals surface area contributed by atoms with E-state index >= 15 is 0 Å². The molecule has 0 fully saturated rings. The number of nitrogens with zero attached hydrogens (tertiary/aromatic N) is 1. The highest BCUT2D eigenvalue weighted by atomic mass is 16.5. The van der Waals surface area contributed by atoms with Crippen molar-refractivity contribution < 1.29 is 14.3 Å². The fourth-order valence-electron chi connectivity index (χ4n) is 2.65. The molecule has 2 aromatic carbocycles. The Bertz CT molecular complexity index is 713. The Morgan fingerprint density at radius 2 is 1.67 bits per heavy atom. The van der Waals surface area contributed by atoms with Crippen molar-refractivity contribution in [2.75, 3.05) is 13.2 Å². The van der Waals surface area contributed by atoms with E-state index in [9.17, 15) is 9.59 Å². The van der Waals surface area contributed by atoms with Gasteiger partial charge in [-0.25, -0.2) is 0 Å². The first-order chi connectivity index (χ1) is 10.1. The Labute approximate surface area is 122 Å². The van der Waals surface area contributed by atoms with E-state index in [0.717, 1.165) is 10.8 Å². The van der Waals surface area contributed by atoms with Crippen LogP contribution in [0.25, 0.3) is 10.8 Å². The molecule has 0 aromatic heterocycles. The maximum absolute atomic E-state index is 12.6. The van der Waals surface area contributed by atoms with Crippen molar-refractivity contribution in [2.45, 2.75) is 6.92 Å². The minimum atomic E-state index is -0.301. The number of carbonyl (C=O) groups is 2. The summed E-state index contributed by atoms with van der Waals surface area (Å²) in [6, 6.07) is 10.9. The molecule has 21 heavy (non-hydrogen) atoms. The lowest BCUT2D eigenvalue weighted by Gasteiger charge is -2.27. The van der Waals surface area contributed by atoms with E-state index in [0.29, 0.717) is 23.5 Å². The molecule has 0 unspecified atom stereocenters. The normalized spacial score (nSPS) is 13.7. The van der Waals surface area contributed by atoms with E-state index in [1.54, 1.807) is 12.1 Å². The second-order valence-corrected chi connectivity index (χ2v) is 4.88. The van der Waals surface area contributed by atoms with Crippen molar-refractivity contribution in [3.8, 4) is 0 Å². The Morgan fingerprint density at radius 3 is 2.19 bits per heavy atom. The van der Waals surface area contributed by atoms with Gasteiger partial charge in [-0.2, -0.15) is 0 Å². The smallest absolute Gasteiger partial charge is 0.261 e. The van der Waals surface area contributed by atoms with Crippen LogP contribution >= 0.6 is 0 Å². The molecule has 4 heteroatoms. The Hall–Kier alpha value is -2.62. The minimum absolute atomic E-state index is 0.0796. The zero-order chi connectivity index (χ0) is 15.0. The summed E-state index contributed by atoms with van der Waals surface area (Å²) in [5.41, 5.74) is 1.10. The molecule has 0 spiro atoms. The summed E-state index contributed by atoms with van der Waals surface area (Å²) < 4.78 is 5.26. The number of amides is 2. The first-order valence-electron chi connectivity index (χ1n) is 6.82. The van der Waals surface area contributed by atoms with Crippen molar-refractivity contribution >= 4 is 22.6 Å². The third kappa shape index (κ3) is 2.09. The number of hydrogen-bond donors (Lipinski definition) is 0. The van der Waals surface area contributed by atoms with Crippen LogP contribution in [0.3, 0.4) is 0 Å². The number of ether oxygens (including phenoxy) is 1. The number of benzene rings is 2. The quantitative estimate of drug-likeness (QED) is 0.639. The van der Waals surface area contributed by atoms with Crippen LogP contribution in [0.1, 0.15) is 27.6 Å². The van der Waals surface area contributed by atoms with Gasteiger partial charge in [-0.05, 0) is 24.4 Å². The second kappa shape index (κ2) is 5.05. The molecule has 1 heterocycles. The molecule has 0 bridgehead atoms. The van der Waals surface area contributed by atoms with E-state index < -0.39 is 0 Å². The van der Waals surface area contributed by atoms with E-state index in [-0.39, 0.29) is 18.4 Å². The zero-order valence-electron chi connectivity index (χ0n) is 11.8. The van der Waals surface area contributed by atoms with Gasteiger partial charge in [-0.15, -0.1) is 0 Å². The van der Waals surface area contributed by atoms with Gasteiger partial charge in [0, 0.05) is 16.5 Å². The Morgan fingerprint density at radius 1 is 1.10 bits per heavy atom. The van der Waals surface area contributed by atoms with Crippen molar-refractivity contribution in [3.05, 3.63) is 59.9 Å². The van der Waals surface area contributed by atoms with Crippen LogP contribution in [0.15, 0.2) is 48.7 Å². The van der Waals surface area contributed by atoms with Gasteiger partial charge in [0.2, 0.25) is 0 Å². The van der Waals surface area contributed by atoms with Crippen LogP contribution in [0, 0.1) is 0 Å². The van der Waals surface area contributed by atoms with E-state index in [1.807, 2.05) is 31.2 Å². The molecule has 2 aromatic rings. The van der Waals surface area contributed by atoms with Gasteiger partial charge in [-0.3, -0.25) is 14.5 Å². The maximum atomic E-state index is 12.6. The van der Waals surface area contributed by atoms with Gasteiger partial charge in [0.1, 0.15) is 5.76 Å². The third-order valence-corrected chi connectivity index (χ3v) is 3.54. The molecular weight excluding hydrogens is 266 g/mol. The first kappa shape index (κ1) is 13.4. The highest BCUT2D eigenvalue weighted by molar-refractivity contribution is 6.25. The number of hydrogen-bond acceptors (Lipinski definition) is 3. The number of imide groups is 1. The van der Waals surface area contributed by atoms with Crippen molar-refractivity contribution in [2.24, 2.45) is 0 Å². The lowest BCUT2D eigenvalue weighted by Crippen LogP contribution is -2.41. The zero-order valence-corrected chi connectivity index (χ0v) is 11.8. The van der Waals surface area contributed by atoms with Gasteiger partial charge < -0.3 is 4.74 Å². The summed E-state index contributed by atoms with van der Waals surface area (Å²) in [7, 11) is 0. The molecule has 1 aliphatic heterocycles. The van der Waals surface area contributed by atoms with Crippen LogP contribution in [-0.4, -0.2) is 29.9 Å². The van der Waals surface area contributed by atoms with Gasteiger partial charge in [-0.1, -0.05) is 30.8 Å². The molecule has 0 saturated heterocycles. The molecule has 0 radical (unpaired) electrons. The Kier molecular flexibility index (Phi) is 3.22. The lowest BCUT2D eigenvalue weighted by atomic mass is 9.94. The fourth-order valence-corrected chi connectivity index (χ4v) is 2.65. The van der Waals surface area contributed by atoms with Gasteiger partial charge in [0.05, 0.1) is 13.2 Å². The van der Waals surface area contributed by atoms with Crippen LogP contribution in [0.5, 0.6) is 0 Å². The predicted octanol–water partition coefficient (Wildman–Crippen LogP) is 2.99. The van der Waals surface area contributed by atoms with Crippen molar-refractivity contribution in [1.29, 1.82) is 0 Å². The summed E-state index contributed by atoms with van der Waals surface area (Å²) in [6.45, 7) is 6.12. The molecule has 3 rings (SSSR count). The lowest BCUT2D eigenvalue weighted by molar-refractivity contribution is 0.0594. The molecule has 2 amide bonds. The molecule has 4 nitrogen and oxygen atoms in total. The van der Waals surface area contributed by atoms with Crippen molar-refractivity contribution in [3.63, 3.8) is 0 Å². The van der Waals surface area contributed by atoms with Crippen LogP contribution in [0.2, 0.25) is 0 Å². The molecule has 106 valence electrons. The summed E-state index contributed by atoms with van der Waals surface area (Å²) in [6.07, 6.45) is 0. The molecule has 0 atom stereocenters. The van der Waals surface area contributed by atoms with Gasteiger partial charge in [0.15, 0.2) is 0 Å². The molecule has 0 N–H and O–H groups in total. The van der Waals surface area contributed by atoms with E-state index in [1.165, 1.54) is 4.90 Å². The number of rotatable bonds is 4. The second-order valence-electron chi connectivity index (χ2n) is 4.88. The van der Waals surface area contributed by atoms with Crippen LogP contribution in [0.4, 0.5) is 0 Å². The van der Waals surface area contributed by atoms with Gasteiger partial charge in [0.25, 0.3) is 11.8 Å². The topological polar surface area (TPSA) is 46.6 Å². The average molecular weight is 281 g/mol. The molecule has 0 saturated carbocycles. The predicted molar refractivity (Wildman–Crippen MR) is 80.1 cm³/mol. The number of carbonyl (C=O) groups excluding carboxylic acids is 2. The van der Waals surface area contributed by atoms with Crippen molar-refractivity contribution in [1.82, 2.24) is 4.90 Å². The summed E-state index contributed by atoms with van der Waals surface area (Å²) >= 11 is 0. The summed E-state index contributed by atoms with van der Waals surface area (Å²) in [5, 5.41) is 1.63. The van der Waals surface area contributed by atoms with Gasteiger partial charge >= 0.3 is 0 Å². The highest BCUT2D eigenvalue weighted by Gasteiger charge is 2.32. The Balaban J connectivity index is 2.09. The fraction of sp³-hybridized carbons (Fsp3) is 0.176. The standard InChI is InChI=1S/C17H15NO3/c1-3-21-11(2)10-18-16(19)13-8-4-6-12-7-5-9-14(15(12)13)17(18)20/h4-9H,2-3,10H2,1H3. The SMILES string of the molecule is C=C(CN1C(=O)c2cccc3cccc(c23)C1=O)OCC. The minimum Gasteiger partial charge on any atom is -0.497 e. The summed E-state index contributed by atoms with van der Waals surface area (Å²) in [4.78, 5) is 26.3.